The highest BCUT2D eigenvalue weighted by Gasteiger charge is 2.25. The van der Waals surface area contributed by atoms with Gasteiger partial charge in [0.05, 0.1) is 19.3 Å². The van der Waals surface area contributed by atoms with Gasteiger partial charge in [0.15, 0.2) is 0 Å². The van der Waals surface area contributed by atoms with Crippen LogP contribution in [0, 0.1) is 5.92 Å². The molecule has 1 aliphatic heterocycles. The third-order valence-electron chi connectivity index (χ3n) is 3.73. The second-order valence-corrected chi connectivity index (χ2v) is 5.22. The van der Waals surface area contributed by atoms with Crippen molar-refractivity contribution in [3.63, 3.8) is 0 Å². The second-order valence-electron chi connectivity index (χ2n) is 5.22. The van der Waals surface area contributed by atoms with Crippen LogP contribution in [0.15, 0.2) is 0 Å². The smallest absolute Gasteiger partial charge is 0.0607 e. The normalized spacial score (nSPS) is 24.2. The fourth-order valence-corrected chi connectivity index (χ4v) is 2.69. The Morgan fingerprint density at radius 1 is 1.35 bits per heavy atom. The second kappa shape index (κ2) is 8.03. The number of likely N-dealkylation sites (tertiary alicyclic amines) is 1. The Balaban J connectivity index is 2.37. The summed E-state index contributed by atoms with van der Waals surface area (Å²) in [5.41, 5.74) is 0. The number of nitrogens with zero attached hydrogens (tertiary/aromatic N) is 1. The molecule has 102 valence electrons. The van der Waals surface area contributed by atoms with Crippen LogP contribution >= 0.6 is 0 Å². The molecule has 2 atom stereocenters. The molecule has 0 aromatic heterocycles. The first kappa shape index (κ1) is 14.9. The topological polar surface area (TPSA) is 55.7 Å². The highest BCUT2D eigenvalue weighted by molar-refractivity contribution is 4.82. The van der Waals surface area contributed by atoms with Crippen molar-refractivity contribution in [2.24, 2.45) is 5.92 Å². The Morgan fingerprint density at radius 2 is 2.06 bits per heavy atom. The minimum Gasteiger partial charge on any atom is -0.395 e. The fraction of sp³-hybridized carbons (Fsp3) is 1.00. The van der Waals surface area contributed by atoms with Gasteiger partial charge >= 0.3 is 0 Å². The number of hydrogen-bond donors (Lipinski definition) is 3. The van der Waals surface area contributed by atoms with Gasteiger partial charge in [0.25, 0.3) is 0 Å². The van der Waals surface area contributed by atoms with Gasteiger partial charge in [-0.15, -0.1) is 0 Å². The molecule has 0 aromatic carbocycles. The lowest BCUT2D eigenvalue weighted by atomic mass is 9.91. The predicted octanol–water partition coefficient (Wildman–Crippen LogP) is 0.440. The van der Waals surface area contributed by atoms with E-state index >= 15 is 0 Å². The zero-order valence-electron chi connectivity index (χ0n) is 11.2. The van der Waals surface area contributed by atoms with Crippen molar-refractivity contribution in [2.45, 2.75) is 45.2 Å². The van der Waals surface area contributed by atoms with Gasteiger partial charge in [-0.2, -0.15) is 0 Å². The van der Waals surface area contributed by atoms with Crippen LogP contribution in [0.1, 0.15) is 33.1 Å². The third-order valence-corrected chi connectivity index (χ3v) is 3.73. The maximum absolute atomic E-state index is 9.08. The minimum atomic E-state index is -0.174. The molecule has 0 radical (unpaired) electrons. The zero-order chi connectivity index (χ0) is 12.7. The quantitative estimate of drug-likeness (QED) is 0.608. The van der Waals surface area contributed by atoms with E-state index in [9.17, 15) is 0 Å². The van der Waals surface area contributed by atoms with Crippen molar-refractivity contribution in [1.82, 2.24) is 10.2 Å². The molecule has 2 unspecified atom stereocenters. The van der Waals surface area contributed by atoms with Gasteiger partial charge in [-0.25, -0.2) is 0 Å². The van der Waals surface area contributed by atoms with Gasteiger partial charge in [-0.05, 0) is 45.2 Å². The van der Waals surface area contributed by atoms with Gasteiger partial charge in [-0.1, -0.05) is 6.92 Å². The average Bonchev–Trinajstić information content (AvgIpc) is 2.36. The monoisotopic (exact) mass is 244 g/mol. The molecular weight excluding hydrogens is 216 g/mol. The molecule has 0 saturated carbocycles. The van der Waals surface area contributed by atoms with Crippen LogP contribution in [0.2, 0.25) is 0 Å². The number of piperidine rings is 1. The predicted molar refractivity (Wildman–Crippen MR) is 70.0 cm³/mol. The Labute approximate surface area is 105 Å². The number of hydrogen-bond acceptors (Lipinski definition) is 4. The first-order chi connectivity index (χ1) is 8.21. The van der Waals surface area contributed by atoms with E-state index in [0.717, 1.165) is 6.54 Å². The van der Waals surface area contributed by atoms with E-state index < -0.39 is 0 Å². The molecular formula is C13H28N2O2. The lowest BCUT2D eigenvalue weighted by Crippen LogP contribution is -2.49. The first-order valence-electron chi connectivity index (χ1n) is 6.91. The van der Waals surface area contributed by atoms with Gasteiger partial charge in [0.2, 0.25) is 0 Å². The molecule has 4 heteroatoms. The Morgan fingerprint density at radius 3 is 2.65 bits per heavy atom. The van der Waals surface area contributed by atoms with Crippen molar-refractivity contribution in [1.29, 1.82) is 0 Å². The summed E-state index contributed by atoms with van der Waals surface area (Å²) in [4.78, 5) is 2.53. The van der Waals surface area contributed by atoms with Crippen LogP contribution in [-0.2, 0) is 0 Å². The van der Waals surface area contributed by atoms with E-state index in [-0.39, 0.29) is 19.3 Å². The van der Waals surface area contributed by atoms with E-state index in [2.05, 4.69) is 24.1 Å². The van der Waals surface area contributed by atoms with Crippen LogP contribution in [0.3, 0.4) is 0 Å². The van der Waals surface area contributed by atoms with E-state index in [1.165, 1.54) is 32.4 Å². The summed E-state index contributed by atoms with van der Waals surface area (Å²) in [6, 6.07) is 0.186. The van der Waals surface area contributed by atoms with Crippen LogP contribution in [0.5, 0.6) is 0 Å². The molecule has 3 N–H and O–H groups in total. The van der Waals surface area contributed by atoms with E-state index in [1.54, 1.807) is 0 Å². The SMILES string of the molecule is CCCN1CCCC(C(C)NC(CO)CO)C1. The van der Waals surface area contributed by atoms with E-state index in [1.807, 2.05) is 0 Å². The molecule has 0 bridgehead atoms. The summed E-state index contributed by atoms with van der Waals surface area (Å²) < 4.78 is 0. The molecule has 0 amide bonds. The standard InChI is InChI=1S/C13H28N2O2/c1-3-6-15-7-4-5-12(8-15)11(2)14-13(9-16)10-17/h11-14,16-17H,3-10H2,1-2H3. The number of rotatable bonds is 7. The summed E-state index contributed by atoms with van der Waals surface area (Å²) in [6.07, 6.45) is 3.72. The lowest BCUT2D eigenvalue weighted by molar-refractivity contribution is 0.120. The fourth-order valence-electron chi connectivity index (χ4n) is 2.69. The average molecular weight is 244 g/mol. The van der Waals surface area contributed by atoms with Crippen molar-refractivity contribution >= 4 is 0 Å². The molecule has 1 saturated heterocycles. The van der Waals surface area contributed by atoms with Gasteiger partial charge < -0.3 is 20.4 Å². The largest absolute Gasteiger partial charge is 0.395 e. The molecule has 4 nitrogen and oxygen atoms in total. The van der Waals surface area contributed by atoms with Gasteiger partial charge in [0.1, 0.15) is 0 Å². The zero-order valence-corrected chi connectivity index (χ0v) is 11.2. The van der Waals surface area contributed by atoms with E-state index in [0.29, 0.717) is 12.0 Å². The molecule has 1 rings (SSSR count). The summed E-state index contributed by atoms with van der Waals surface area (Å²) in [5.74, 6) is 0.635. The van der Waals surface area contributed by atoms with Crippen molar-refractivity contribution < 1.29 is 10.2 Å². The van der Waals surface area contributed by atoms with Crippen LogP contribution in [0.25, 0.3) is 0 Å². The number of nitrogens with one attached hydrogen (secondary N) is 1. The molecule has 0 aliphatic carbocycles. The van der Waals surface area contributed by atoms with Crippen LogP contribution in [-0.4, -0.2) is 60.0 Å². The van der Waals surface area contributed by atoms with E-state index in [4.69, 9.17) is 10.2 Å². The maximum Gasteiger partial charge on any atom is 0.0607 e. The Kier molecular flexibility index (Phi) is 7.04. The maximum atomic E-state index is 9.08. The molecule has 0 spiro atoms. The lowest BCUT2D eigenvalue weighted by Gasteiger charge is -2.37. The van der Waals surface area contributed by atoms with Crippen molar-refractivity contribution in [2.75, 3.05) is 32.8 Å². The minimum absolute atomic E-state index is 0.00618. The van der Waals surface area contributed by atoms with Crippen molar-refractivity contribution in [3.05, 3.63) is 0 Å². The molecule has 1 aliphatic rings. The summed E-state index contributed by atoms with van der Waals surface area (Å²) in [7, 11) is 0. The summed E-state index contributed by atoms with van der Waals surface area (Å²) in [6.45, 7) is 7.95. The first-order valence-corrected chi connectivity index (χ1v) is 6.91. The third kappa shape index (κ3) is 4.92. The van der Waals surface area contributed by atoms with Gasteiger partial charge in [-0.3, -0.25) is 0 Å². The highest BCUT2D eigenvalue weighted by atomic mass is 16.3. The molecule has 1 fully saturated rings. The Bertz CT molecular complexity index is 196. The number of aliphatic hydroxyl groups excluding tert-OH is 2. The van der Waals surface area contributed by atoms with Crippen molar-refractivity contribution in [3.8, 4) is 0 Å². The number of aliphatic hydroxyl groups is 2. The highest BCUT2D eigenvalue weighted by Crippen LogP contribution is 2.20. The Hall–Kier alpha value is -0.160. The van der Waals surface area contributed by atoms with Crippen LogP contribution in [0.4, 0.5) is 0 Å². The molecule has 17 heavy (non-hydrogen) atoms. The van der Waals surface area contributed by atoms with Gasteiger partial charge in [0, 0.05) is 12.6 Å². The summed E-state index contributed by atoms with van der Waals surface area (Å²) in [5, 5.41) is 21.5. The summed E-state index contributed by atoms with van der Waals surface area (Å²) >= 11 is 0. The van der Waals surface area contributed by atoms with Crippen LogP contribution < -0.4 is 5.32 Å². The molecule has 0 aromatic rings. The molecule has 1 heterocycles.